The Hall–Kier alpha value is -1.09. The molecule has 1 aromatic heterocycles. The molecule has 88 valence electrons. The zero-order valence-corrected chi connectivity index (χ0v) is 10.2. The Labute approximate surface area is 97.7 Å². The topological polar surface area (TPSA) is 42.1 Å². The first-order valence-corrected chi connectivity index (χ1v) is 6.13. The van der Waals surface area contributed by atoms with Crippen LogP contribution < -0.4 is 10.6 Å². The summed E-state index contributed by atoms with van der Waals surface area (Å²) in [6.45, 7) is 6.40. The number of aromatic nitrogens is 1. The van der Waals surface area contributed by atoms with Crippen molar-refractivity contribution in [3.8, 4) is 0 Å². The predicted octanol–water partition coefficient (Wildman–Crippen LogP) is 2.13. The Morgan fingerprint density at radius 1 is 1.44 bits per heavy atom. The van der Waals surface area contributed by atoms with E-state index in [9.17, 15) is 0 Å². The fourth-order valence-corrected chi connectivity index (χ4v) is 2.17. The maximum Gasteiger partial charge on any atom is 0.0553 e. The maximum atomic E-state index is 5.98. The molecule has 2 N–H and O–H groups in total. The molecular weight excluding hydrogens is 198 g/mol. The number of nitrogens with zero attached hydrogens (tertiary/aromatic N) is 2. The Bertz CT molecular complexity index is 332. The highest BCUT2D eigenvalue weighted by Crippen LogP contribution is 2.20. The summed E-state index contributed by atoms with van der Waals surface area (Å²) in [5.41, 5.74) is 8.34. The predicted molar refractivity (Wildman–Crippen MR) is 67.7 cm³/mol. The monoisotopic (exact) mass is 219 g/mol. The molecule has 0 aromatic carbocycles. The van der Waals surface area contributed by atoms with Gasteiger partial charge in [0.05, 0.1) is 11.9 Å². The zero-order valence-electron chi connectivity index (χ0n) is 10.2. The molecule has 16 heavy (non-hydrogen) atoms. The van der Waals surface area contributed by atoms with Gasteiger partial charge in [-0.05, 0) is 30.9 Å². The van der Waals surface area contributed by atoms with Crippen molar-refractivity contribution in [2.45, 2.75) is 38.6 Å². The Kier molecular flexibility index (Phi) is 3.44. The lowest BCUT2D eigenvalue weighted by Crippen LogP contribution is -2.42. The minimum Gasteiger partial charge on any atom is -0.369 e. The second-order valence-corrected chi connectivity index (χ2v) is 4.94. The van der Waals surface area contributed by atoms with Gasteiger partial charge < -0.3 is 10.6 Å². The third-order valence-electron chi connectivity index (χ3n) is 3.19. The molecule has 0 bridgehead atoms. The van der Waals surface area contributed by atoms with Gasteiger partial charge in [-0.25, -0.2) is 0 Å². The van der Waals surface area contributed by atoms with Crippen molar-refractivity contribution < 1.29 is 0 Å². The van der Waals surface area contributed by atoms with Gasteiger partial charge in [0.25, 0.3) is 0 Å². The Balaban J connectivity index is 2.09. The minimum absolute atomic E-state index is 0.318. The average molecular weight is 219 g/mol. The molecule has 1 saturated heterocycles. The summed E-state index contributed by atoms with van der Waals surface area (Å²) in [6, 6.07) is 4.61. The second-order valence-electron chi connectivity index (χ2n) is 4.94. The maximum absolute atomic E-state index is 5.98. The first kappa shape index (κ1) is 11.4. The number of piperidine rings is 1. The first-order valence-electron chi connectivity index (χ1n) is 6.13. The molecule has 0 radical (unpaired) electrons. The van der Waals surface area contributed by atoms with Crippen LogP contribution in [0, 0.1) is 0 Å². The van der Waals surface area contributed by atoms with Crippen LogP contribution in [0.3, 0.4) is 0 Å². The molecule has 2 rings (SSSR count). The van der Waals surface area contributed by atoms with E-state index in [2.05, 4.69) is 35.9 Å². The van der Waals surface area contributed by atoms with Crippen molar-refractivity contribution in [2.75, 3.05) is 18.0 Å². The van der Waals surface area contributed by atoms with Crippen LogP contribution in [-0.4, -0.2) is 24.1 Å². The van der Waals surface area contributed by atoms with Crippen LogP contribution in [0.4, 0.5) is 5.69 Å². The first-order chi connectivity index (χ1) is 7.66. The third kappa shape index (κ3) is 2.53. The van der Waals surface area contributed by atoms with Gasteiger partial charge in [0.15, 0.2) is 0 Å². The molecule has 0 aliphatic carbocycles. The third-order valence-corrected chi connectivity index (χ3v) is 3.19. The van der Waals surface area contributed by atoms with Crippen molar-refractivity contribution in [3.05, 3.63) is 24.0 Å². The molecule has 1 aliphatic rings. The van der Waals surface area contributed by atoms with Gasteiger partial charge in [-0.1, -0.05) is 13.8 Å². The molecule has 0 spiro atoms. The minimum atomic E-state index is 0.318. The van der Waals surface area contributed by atoms with E-state index in [0.717, 1.165) is 25.2 Å². The van der Waals surface area contributed by atoms with Crippen molar-refractivity contribution in [3.63, 3.8) is 0 Å². The molecule has 0 unspecified atom stereocenters. The number of rotatable bonds is 2. The van der Waals surface area contributed by atoms with Crippen LogP contribution in [0.15, 0.2) is 18.3 Å². The second kappa shape index (κ2) is 4.83. The summed E-state index contributed by atoms with van der Waals surface area (Å²) >= 11 is 0. The van der Waals surface area contributed by atoms with E-state index in [0.29, 0.717) is 12.0 Å². The summed E-state index contributed by atoms with van der Waals surface area (Å²) in [5, 5.41) is 0. The van der Waals surface area contributed by atoms with Gasteiger partial charge in [0, 0.05) is 24.8 Å². The van der Waals surface area contributed by atoms with E-state index in [1.54, 1.807) is 0 Å². The van der Waals surface area contributed by atoms with Crippen LogP contribution in [-0.2, 0) is 0 Å². The van der Waals surface area contributed by atoms with Crippen LogP contribution >= 0.6 is 0 Å². The van der Waals surface area contributed by atoms with E-state index in [1.807, 2.05) is 6.20 Å². The van der Waals surface area contributed by atoms with Crippen LogP contribution in [0.1, 0.15) is 38.3 Å². The number of hydrogen-bond donors (Lipinski definition) is 1. The molecule has 2 heterocycles. The van der Waals surface area contributed by atoms with E-state index in [1.165, 1.54) is 12.1 Å². The summed E-state index contributed by atoms with van der Waals surface area (Å²) in [6.07, 6.45) is 4.31. The zero-order chi connectivity index (χ0) is 11.5. The lowest BCUT2D eigenvalue weighted by molar-refractivity contribution is 0.505. The highest BCUT2D eigenvalue weighted by molar-refractivity contribution is 5.45. The molecule has 1 fully saturated rings. The smallest absolute Gasteiger partial charge is 0.0553 e. The quantitative estimate of drug-likeness (QED) is 0.828. The highest BCUT2D eigenvalue weighted by atomic mass is 15.2. The van der Waals surface area contributed by atoms with Crippen LogP contribution in [0.25, 0.3) is 0 Å². The number of hydrogen-bond acceptors (Lipinski definition) is 3. The van der Waals surface area contributed by atoms with Gasteiger partial charge in [-0.3, -0.25) is 4.98 Å². The molecule has 1 aromatic rings. The van der Waals surface area contributed by atoms with Crippen molar-refractivity contribution in [2.24, 2.45) is 5.73 Å². The molecule has 0 amide bonds. The Morgan fingerprint density at radius 3 is 2.81 bits per heavy atom. The van der Waals surface area contributed by atoms with Gasteiger partial charge in [-0.15, -0.1) is 0 Å². The van der Waals surface area contributed by atoms with Crippen LogP contribution in [0.2, 0.25) is 0 Å². The van der Waals surface area contributed by atoms with Gasteiger partial charge in [0.2, 0.25) is 0 Å². The number of anilines is 1. The highest BCUT2D eigenvalue weighted by Gasteiger charge is 2.17. The summed E-state index contributed by atoms with van der Waals surface area (Å²) in [5.74, 6) is 0.498. The van der Waals surface area contributed by atoms with E-state index < -0.39 is 0 Å². The largest absolute Gasteiger partial charge is 0.369 e. The fraction of sp³-hybridized carbons (Fsp3) is 0.615. The van der Waals surface area contributed by atoms with Gasteiger partial charge >= 0.3 is 0 Å². The van der Waals surface area contributed by atoms with Crippen molar-refractivity contribution in [1.82, 2.24) is 4.98 Å². The Morgan fingerprint density at radius 2 is 2.25 bits per heavy atom. The average Bonchev–Trinajstić information content (AvgIpc) is 2.29. The SMILES string of the molecule is CC(C)c1ccc(N2CCC[C@H](N)C2)cn1. The van der Waals surface area contributed by atoms with Crippen molar-refractivity contribution in [1.29, 1.82) is 0 Å². The lowest BCUT2D eigenvalue weighted by atomic mass is 10.1. The summed E-state index contributed by atoms with van der Waals surface area (Å²) in [7, 11) is 0. The molecule has 1 atom stereocenters. The van der Waals surface area contributed by atoms with Crippen LogP contribution in [0.5, 0.6) is 0 Å². The van der Waals surface area contributed by atoms with Gasteiger partial charge in [-0.2, -0.15) is 0 Å². The van der Waals surface area contributed by atoms with Crippen molar-refractivity contribution >= 4 is 5.69 Å². The van der Waals surface area contributed by atoms with E-state index >= 15 is 0 Å². The molecular formula is C13H21N3. The number of nitrogens with two attached hydrogens (primary N) is 1. The molecule has 1 aliphatic heterocycles. The van der Waals surface area contributed by atoms with Gasteiger partial charge in [0.1, 0.15) is 0 Å². The summed E-state index contributed by atoms with van der Waals surface area (Å²) in [4.78, 5) is 6.83. The lowest BCUT2D eigenvalue weighted by Gasteiger charge is -2.32. The fourth-order valence-electron chi connectivity index (χ4n) is 2.17. The van der Waals surface area contributed by atoms with E-state index in [-0.39, 0.29) is 0 Å². The van der Waals surface area contributed by atoms with E-state index in [4.69, 9.17) is 5.73 Å². The number of pyridine rings is 1. The molecule has 3 nitrogen and oxygen atoms in total. The standard InChI is InChI=1S/C13H21N3/c1-10(2)13-6-5-12(8-15-13)16-7-3-4-11(14)9-16/h5-6,8,10-11H,3-4,7,9,14H2,1-2H3/t11-/m0/s1. The normalized spacial score (nSPS) is 21.5. The summed E-state index contributed by atoms with van der Waals surface area (Å²) < 4.78 is 0. The molecule has 3 heteroatoms. The molecule has 0 saturated carbocycles.